The number of hydrogen-bond acceptors (Lipinski definition) is 2. The molecule has 1 heterocycles. The highest BCUT2D eigenvalue weighted by atomic mass is 16.5. The fourth-order valence-corrected chi connectivity index (χ4v) is 4.74. The number of hydrogen-bond donors (Lipinski definition) is 0. The summed E-state index contributed by atoms with van der Waals surface area (Å²) in [6.07, 6.45) is 18.4. The summed E-state index contributed by atoms with van der Waals surface area (Å²) < 4.78 is 5.63. The normalized spacial score (nSPS) is 19.0. The van der Waals surface area contributed by atoms with E-state index in [1.807, 2.05) is 12.3 Å². The molecule has 0 spiro atoms. The molecule has 0 unspecified atom stereocenters. The molecule has 164 valence electrons. The Balaban J connectivity index is 1.39. The molecule has 1 fully saturated rings. The number of pyridine rings is 1. The van der Waals surface area contributed by atoms with Crippen LogP contribution in [0, 0.1) is 11.8 Å². The van der Waals surface area contributed by atoms with E-state index < -0.39 is 0 Å². The molecular weight excluding hydrogens is 366 g/mol. The number of aryl methyl sites for hydroxylation is 1. The Hall–Kier alpha value is -1.83. The summed E-state index contributed by atoms with van der Waals surface area (Å²) >= 11 is 0. The van der Waals surface area contributed by atoms with Crippen molar-refractivity contribution in [3.8, 4) is 17.0 Å². The van der Waals surface area contributed by atoms with E-state index in [0.717, 1.165) is 36.3 Å². The van der Waals surface area contributed by atoms with Crippen molar-refractivity contribution in [1.29, 1.82) is 0 Å². The van der Waals surface area contributed by atoms with Gasteiger partial charge in [-0.2, -0.15) is 0 Å². The Kier molecular flexibility index (Phi) is 9.73. The molecule has 0 atom stereocenters. The highest BCUT2D eigenvalue weighted by Gasteiger charge is 2.20. The molecule has 3 rings (SSSR count). The van der Waals surface area contributed by atoms with Gasteiger partial charge in [-0.3, -0.25) is 4.98 Å². The predicted molar refractivity (Wildman–Crippen MR) is 128 cm³/mol. The van der Waals surface area contributed by atoms with Crippen molar-refractivity contribution in [2.24, 2.45) is 11.8 Å². The zero-order valence-corrected chi connectivity index (χ0v) is 19.2. The number of rotatable bonds is 12. The molecule has 2 aromatic rings. The minimum atomic E-state index is 0.746. The van der Waals surface area contributed by atoms with Crippen LogP contribution < -0.4 is 4.74 Å². The lowest BCUT2D eigenvalue weighted by Gasteiger charge is -2.28. The first-order valence-corrected chi connectivity index (χ1v) is 12.5. The fourth-order valence-electron chi connectivity index (χ4n) is 4.74. The maximum absolute atomic E-state index is 5.63. The zero-order valence-electron chi connectivity index (χ0n) is 19.2. The topological polar surface area (TPSA) is 22.1 Å². The molecule has 1 aromatic carbocycles. The summed E-state index contributed by atoms with van der Waals surface area (Å²) in [5.41, 5.74) is 3.66. The van der Waals surface area contributed by atoms with Gasteiger partial charge in [0.1, 0.15) is 5.75 Å². The minimum absolute atomic E-state index is 0.746. The maximum atomic E-state index is 5.63. The van der Waals surface area contributed by atoms with Crippen LogP contribution in [0.4, 0.5) is 0 Å². The molecule has 0 radical (unpaired) electrons. The molecule has 1 aliphatic rings. The molecule has 2 nitrogen and oxygen atoms in total. The van der Waals surface area contributed by atoms with Gasteiger partial charge in [-0.1, -0.05) is 95.9 Å². The van der Waals surface area contributed by atoms with Crippen LogP contribution in [0.25, 0.3) is 11.3 Å². The first-order chi connectivity index (χ1) is 14.8. The number of ether oxygens (including phenoxy) is 1. The lowest BCUT2D eigenvalue weighted by molar-refractivity contribution is 0.249. The van der Waals surface area contributed by atoms with Crippen LogP contribution in [-0.4, -0.2) is 11.6 Å². The van der Waals surface area contributed by atoms with Gasteiger partial charge in [-0.05, 0) is 48.8 Å². The summed E-state index contributed by atoms with van der Waals surface area (Å²) in [7, 11) is 0. The van der Waals surface area contributed by atoms with E-state index in [-0.39, 0.29) is 0 Å². The summed E-state index contributed by atoms with van der Waals surface area (Å²) in [4.78, 5) is 4.56. The number of nitrogens with zero attached hydrogens (tertiary/aromatic N) is 1. The Bertz CT molecular complexity index is 698. The van der Waals surface area contributed by atoms with Crippen molar-refractivity contribution in [1.82, 2.24) is 4.98 Å². The standard InChI is InChI=1S/C28H41NO/c1-3-5-6-7-8-23-9-11-24(12-10-23)13-14-25-15-17-26(18-16-25)28-20-19-27(22-29-28)30-21-4-2/h15-20,22-24H,3-14,21H2,1-2H3/t23-,24-. The molecule has 0 aliphatic heterocycles. The van der Waals surface area contributed by atoms with Gasteiger partial charge in [-0.15, -0.1) is 0 Å². The smallest absolute Gasteiger partial charge is 0.137 e. The molecule has 0 saturated heterocycles. The van der Waals surface area contributed by atoms with Gasteiger partial charge >= 0.3 is 0 Å². The van der Waals surface area contributed by atoms with Crippen molar-refractivity contribution in [2.45, 2.75) is 90.9 Å². The SMILES string of the molecule is CCCCCC[C@H]1CC[C@H](CCc2ccc(-c3ccc(OCCC)cn3)cc2)CC1. The molecule has 2 heteroatoms. The number of unbranched alkanes of at least 4 members (excludes halogenated alkanes) is 3. The lowest BCUT2D eigenvalue weighted by Crippen LogP contribution is -2.15. The highest BCUT2D eigenvalue weighted by Crippen LogP contribution is 2.34. The molecule has 0 N–H and O–H groups in total. The third kappa shape index (κ3) is 7.45. The lowest BCUT2D eigenvalue weighted by atomic mass is 9.77. The van der Waals surface area contributed by atoms with Crippen LogP contribution in [0.1, 0.15) is 90.0 Å². The van der Waals surface area contributed by atoms with Gasteiger partial charge in [0.05, 0.1) is 18.5 Å². The molecule has 1 aliphatic carbocycles. The third-order valence-electron chi connectivity index (χ3n) is 6.73. The number of aromatic nitrogens is 1. The quantitative estimate of drug-likeness (QED) is 0.330. The summed E-state index contributed by atoms with van der Waals surface area (Å²) in [6, 6.07) is 13.1. The van der Waals surface area contributed by atoms with Gasteiger partial charge in [0.15, 0.2) is 0 Å². The van der Waals surface area contributed by atoms with Crippen molar-refractivity contribution in [3.63, 3.8) is 0 Å². The zero-order chi connectivity index (χ0) is 21.0. The van der Waals surface area contributed by atoms with E-state index in [1.54, 1.807) is 0 Å². The van der Waals surface area contributed by atoms with Crippen molar-refractivity contribution >= 4 is 0 Å². The van der Waals surface area contributed by atoms with Gasteiger partial charge in [-0.25, -0.2) is 0 Å². The highest BCUT2D eigenvalue weighted by molar-refractivity contribution is 5.59. The van der Waals surface area contributed by atoms with Crippen LogP contribution >= 0.6 is 0 Å². The van der Waals surface area contributed by atoms with Crippen LogP contribution in [0.2, 0.25) is 0 Å². The monoisotopic (exact) mass is 407 g/mol. The molecular formula is C28H41NO. The Morgan fingerprint density at radius 2 is 1.53 bits per heavy atom. The van der Waals surface area contributed by atoms with Crippen molar-refractivity contribution < 1.29 is 4.74 Å². The second-order valence-corrected chi connectivity index (χ2v) is 9.20. The van der Waals surface area contributed by atoms with Gasteiger partial charge in [0.25, 0.3) is 0 Å². The van der Waals surface area contributed by atoms with Crippen molar-refractivity contribution in [2.75, 3.05) is 6.61 Å². The first kappa shape index (κ1) is 22.8. The van der Waals surface area contributed by atoms with Crippen LogP contribution in [0.3, 0.4) is 0 Å². The average molecular weight is 408 g/mol. The Labute approximate surface area is 184 Å². The second kappa shape index (κ2) is 12.8. The predicted octanol–water partition coefficient (Wildman–Crippen LogP) is 8.25. The Morgan fingerprint density at radius 1 is 0.800 bits per heavy atom. The first-order valence-electron chi connectivity index (χ1n) is 12.5. The van der Waals surface area contributed by atoms with Crippen LogP contribution in [-0.2, 0) is 6.42 Å². The van der Waals surface area contributed by atoms with Gasteiger partial charge < -0.3 is 4.74 Å². The van der Waals surface area contributed by atoms with Gasteiger partial charge in [0.2, 0.25) is 0 Å². The van der Waals surface area contributed by atoms with Crippen LogP contribution in [0.15, 0.2) is 42.6 Å². The Morgan fingerprint density at radius 3 is 2.17 bits per heavy atom. The molecule has 0 bridgehead atoms. The molecule has 30 heavy (non-hydrogen) atoms. The average Bonchev–Trinajstić information content (AvgIpc) is 2.81. The molecule has 1 aromatic heterocycles. The summed E-state index contributed by atoms with van der Waals surface area (Å²) in [5.74, 6) is 2.81. The van der Waals surface area contributed by atoms with E-state index in [1.165, 1.54) is 81.8 Å². The van der Waals surface area contributed by atoms with E-state index >= 15 is 0 Å². The minimum Gasteiger partial charge on any atom is -0.492 e. The van der Waals surface area contributed by atoms with E-state index in [4.69, 9.17) is 4.74 Å². The van der Waals surface area contributed by atoms with E-state index in [0.29, 0.717) is 0 Å². The fraction of sp³-hybridized carbons (Fsp3) is 0.607. The molecule has 0 amide bonds. The van der Waals surface area contributed by atoms with Crippen LogP contribution in [0.5, 0.6) is 5.75 Å². The largest absolute Gasteiger partial charge is 0.492 e. The summed E-state index contributed by atoms with van der Waals surface area (Å²) in [6.45, 7) is 5.16. The maximum Gasteiger partial charge on any atom is 0.137 e. The molecule has 1 saturated carbocycles. The van der Waals surface area contributed by atoms with Gasteiger partial charge in [0, 0.05) is 5.56 Å². The van der Waals surface area contributed by atoms with E-state index in [2.05, 4.69) is 49.2 Å². The van der Waals surface area contributed by atoms with E-state index in [9.17, 15) is 0 Å². The third-order valence-corrected chi connectivity index (χ3v) is 6.73. The van der Waals surface area contributed by atoms with Crippen molar-refractivity contribution in [3.05, 3.63) is 48.2 Å². The number of benzene rings is 1. The second-order valence-electron chi connectivity index (χ2n) is 9.20. The summed E-state index contributed by atoms with van der Waals surface area (Å²) in [5, 5.41) is 0.